The van der Waals surface area contributed by atoms with Crippen molar-refractivity contribution in [3.8, 4) is 78.7 Å². The van der Waals surface area contributed by atoms with E-state index in [2.05, 4.69) is 206 Å². The highest BCUT2D eigenvalue weighted by Crippen LogP contribution is 2.42. The van der Waals surface area contributed by atoms with Crippen LogP contribution < -0.4 is 0 Å². The lowest BCUT2D eigenvalue weighted by Crippen LogP contribution is -2.02. The summed E-state index contributed by atoms with van der Waals surface area (Å²) in [6.45, 7) is 0. The van der Waals surface area contributed by atoms with Gasteiger partial charge in [0.05, 0.1) is 0 Å². The summed E-state index contributed by atoms with van der Waals surface area (Å²) >= 11 is 1.79. The largest absolute Gasteiger partial charge is 0.208 e. The SMILES string of the molecule is c1ccc(-c2ccc(-c3ccc(-c4nc(-c5c(-c6cccc(-c7ccccc7)c6)ccc6ccccc56)nc(-c5cccc6c5sc5ccccc56)n4)cc3)cc2)cc1. The molecule has 3 nitrogen and oxygen atoms in total. The molecule has 0 atom stereocenters. The molecule has 11 aromatic rings. The Bertz CT molecular complexity index is 3300. The van der Waals surface area contributed by atoms with Crippen molar-refractivity contribution >= 4 is 42.3 Å². The summed E-state index contributed by atoms with van der Waals surface area (Å²) in [7, 11) is 0. The van der Waals surface area contributed by atoms with Gasteiger partial charge in [-0.1, -0.05) is 194 Å². The average molecular weight is 770 g/mol. The Labute approximate surface area is 346 Å². The van der Waals surface area contributed by atoms with E-state index in [0.29, 0.717) is 17.5 Å². The first-order chi connectivity index (χ1) is 29.2. The second kappa shape index (κ2) is 14.8. The maximum Gasteiger partial charge on any atom is 0.165 e. The van der Waals surface area contributed by atoms with E-state index < -0.39 is 0 Å². The molecule has 0 saturated carbocycles. The number of hydrogen-bond acceptors (Lipinski definition) is 4. The fraction of sp³-hybridized carbons (Fsp3) is 0. The average Bonchev–Trinajstić information content (AvgIpc) is 3.71. The van der Waals surface area contributed by atoms with Gasteiger partial charge in [-0.25, -0.2) is 15.0 Å². The van der Waals surface area contributed by atoms with Crippen molar-refractivity contribution in [1.29, 1.82) is 0 Å². The molecule has 2 heterocycles. The summed E-state index contributed by atoms with van der Waals surface area (Å²) in [4.78, 5) is 16.1. The summed E-state index contributed by atoms with van der Waals surface area (Å²) in [6.07, 6.45) is 0. The van der Waals surface area contributed by atoms with Crippen molar-refractivity contribution in [3.63, 3.8) is 0 Å². The van der Waals surface area contributed by atoms with Crippen molar-refractivity contribution in [2.45, 2.75) is 0 Å². The lowest BCUT2D eigenvalue weighted by molar-refractivity contribution is 1.08. The number of hydrogen-bond donors (Lipinski definition) is 0. The van der Waals surface area contributed by atoms with Gasteiger partial charge in [0, 0.05) is 36.9 Å². The van der Waals surface area contributed by atoms with E-state index in [-0.39, 0.29) is 0 Å². The van der Waals surface area contributed by atoms with E-state index in [1.165, 1.54) is 36.9 Å². The van der Waals surface area contributed by atoms with Crippen LogP contribution in [0.5, 0.6) is 0 Å². The third-order valence-corrected chi connectivity index (χ3v) is 12.4. The van der Waals surface area contributed by atoms with E-state index in [9.17, 15) is 0 Å². The van der Waals surface area contributed by atoms with Gasteiger partial charge in [0.1, 0.15) is 0 Å². The van der Waals surface area contributed by atoms with Gasteiger partial charge in [0.2, 0.25) is 0 Å². The van der Waals surface area contributed by atoms with Gasteiger partial charge in [0.15, 0.2) is 17.5 Å². The van der Waals surface area contributed by atoms with Crippen molar-refractivity contribution in [2.75, 3.05) is 0 Å². The molecule has 4 heteroatoms. The van der Waals surface area contributed by atoms with Gasteiger partial charge in [-0.05, 0) is 73.5 Å². The molecule has 0 radical (unpaired) electrons. The van der Waals surface area contributed by atoms with Crippen LogP contribution >= 0.6 is 11.3 Å². The normalized spacial score (nSPS) is 11.4. The Kier molecular flexibility index (Phi) is 8.68. The van der Waals surface area contributed by atoms with Crippen LogP contribution in [-0.2, 0) is 0 Å². The molecule has 0 bridgehead atoms. The van der Waals surface area contributed by atoms with E-state index in [4.69, 9.17) is 15.0 Å². The zero-order chi connectivity index (χ0) is 39.1. The van der Waals surface area contributed by atoms with Crippen LogP contribution in [-0.4, -0.2) is 15.0 Å². The van der Waals surface area contributed by atoms with Crippen LogP contribution in [0, 0.1) is 0 Å². The van der Waals surface area contributed by atoms with Crippen LogP contribution in [0.15, 0.2) is 212 Å². The van der Waals surface area contributed by atoms with Gasteiger partial charge < -0.3 is 0 Å². The second-order valence-electron chi connectivity index (χ2n) is 14.8. The molecule has 0 amide bonds. The maximum absolute atomic E-state index is 5.42. The Morgan fingerprint density at radius 2 is 0.797 bits per heavy atom. The first kappa shape index (κ1) is 34.7. The van der Waals surface area contributed by atoms with E-state index >= 15 is 0 Å². The molecule has 0 fully saturated rings. The van der Waals surface area contributed by atoms with Crippen molar-refractivity contribution in [1.82, 2.24) is 15.0 Å². The van der Waals surface area contributed by atoms with Crippen LogP contribution in [0.2, 0.25) is 0 Å². The highest BCUT2D eigenvalue weighted by atomic mass is 32.1. The fourth-order valence-electron chi connectivity index (χ4n) is 8.21. The Balaban J connectivity index is 1.10. The second-order valence-corrected chi connectivity index (χ2v) is 15.8. The van der Waals surface area contributed by atoms with Gasteiger partial charge in [0.25, 0.3) is 0 Å². The molecule has 0 aliphatic heterocycles. The fourth-order valence-corrected chi connectivity index (χ4v) is 9.42. The molecule has 276 valence electrons. The predicted molar refractivity (Wildman–Crippen MR) is 248 cm³/mol. The maximum atomic E-state index is 5.42. The van der Waals surface area contributed by atoms with E-state index in [1.807, 2.05) is 6.07 Å². The Hall–Kier alpha value is -7.53. The van der Waals surface area contributed by atoms with Gasteiger partial charge in [-0.15, -0.1) is 11.3 Å². The van der Waals surface area contributed by atoms with Crippen LogP contribution in [0.1, 0.15) is 0 Å². The highest BCUT2D eigenvalue weighted by molar-refractivity contribution is 7.26. The molecule has 2 aromatic heterocycles. The molecule has 0 N–H and O–H groups in total. The van der Waals surface area contributed by atoms with E-state index in [1.54, 1.807) is 11.3 Å². The number of thiophene rings is 1. The van der Waals surface area contributed by atoms with Crippen LogP contribution in [0.3, 0.4) is 0 Å². The third kappa shape index (κ3) is 6.46. The summed E-state index contributed by atoms with van der Waals surface area (Å²) in [5.74, 6) is 1.92. The molecule has 0 spiro atoms. The van der Waals surface area contributed by atoms with Gasteiger partial charge in [-0.3, -0.25) is 0 Å². The summed E-state index contributed by atoms with van der Waals surface area (Å²) in [5.41, 5.74) is 12.1. The number of fused-ring (bicyclic) bond motifs is 4. The first-order valence-corrected chi connectivity index (χ1v) is 20.7. The van der Waals surface area contributed by atoms with Crippen molar-refractivity contribution < 1.29 is 0 Å². The van der Waals surface area contributed by atoms with Gasteiger partial charge >= 0.3 is 0 Å². The molecule has 9 aromatic carbocycles. The standard InChI is InChI=1S/C55H35N3S/c1-3-13-36(14-4-1)38-25-27-39(28-26-38)40-29-31-42(32-30-40)53-56-54(49-23-12-22-48-47-21-9-10-24-50(47)59-52(48)49)58-55(57-53)51-45-20-8-7-17-41(45)33-34-46(51)44-19-11-18-43(35-44)37-15-5-2-6-16-37/h1-35H. The minimum absolute atomic E-state index is 0.631. The Morgan fingerprint density at radius 3 is 1.53 bits per heavy atom. The summed E-state index contributed by atoms with van der Waals surface area (Å²) in [5, 5.41) is 4.67. The quantitative estimate of drug-likeness (QED) is 0.162. The number of rotatable bonds is 7. The summed E-state index contributed by atoms with van der Waals surface area (Å²) in [6, 6.07) is 75.2. The first-order valence-electron chi connectivity index (χ1n) is 19.8. The molecular formula is C55H35N3S. The molecule has 0 saturated heterocycles. The smallest absolute Gasteiger partial charge is 0.165 e. The molecule has 0 aliphatic rings. The number of benzene rings is 9. The van der Waals surface area contributed by atoms with Crippen molar-refractivity contribution in [2.24, 2.45) is 0 Å². The molecule has 0 aliphatic carbocycles. The number of aromatic nitrogens is 3. The minimum atomic E-state index is 0.631. The predicted octanol–water partition coefficient (Wildman–Crippen LogP) is 15.1. The lowest BCUT2D eigenvalue weighted by Gasteiger charge is -2.16. The topological polar surface area (TPSA) is 38.7 Å². The van der Waals surface area contributed by atoms with Crippen LogP contribution in [0.4, 0.5) is 0 Å². The van der Waals surface area contributed by atoms with Gasteiger partial charge in [-0.2, -0.15) is 0 Å². The lowest BCUT2D eigenvalue weighted by atomic mass is 9.92. The zero-order valence-corrected chi connectivity index (χ0v) is 32.8. The Morgan fingerprint density at radius 1 is 0.288 bits per heavy atom. The van der Waals surface area contributed by atoms with E-state index in [0.717, 1.165) is 55.3 Å². The highest BCUT2D eigenvalue weighted by Gasteiger charge is 2.21. The zero-order valence-electron chi connectivity index (χ0n) is 32.0. The van der Waals surface area contributed by atoms with Crippen molar-refractivity contribution in [3.05, 3.63) is 212 Å². The monoisotopic (exact) mass is 769 g/mol. The molecule has 11 rings (SSSR count). The third-order valence-electron chi connectivity index (χ3n) is 11.2. The number of nitrogens with zero attached hydrogens (tertiary/aromatic N) is 3. The molecule has 0 unspecified atom stereocenters. The van der Waals surface area contributed by atoms with Crippen LogP contribution in [0.25, 0.3) is 110 Å². The minimum Gasteiger partial charge on any atom is -0.208 e. The summed E-state index contributed by atoms with van der Waals surface area (Å²) < 4.78 is 2.41. The molecular weight excluding hydrogens is 735 g/mol. The molecule has 59 heavy (non-hydrogen) atoms.